The summed E-state index contributed by atoms with van der Waals surface area (Å²) in [5.41, 5.74) is 5.67. The Bertz CT molecular complexity index is 2610. The number of aromatic hydroxyl groups is 4. The summed E-state index contributed by atoms with van der Waals surface area (Å²) in [4.78, 5) is 56.9. The molecule has 4 N–H and O–H groups in total. The predicted molar refractivity (Wildman–Crippen MR) is 342 cm³/mol. The molecule has 0 spiro atoms. The van der Waals surface area contributed by atoms with Crippen molar-refractivity contribution in [2.45, 2.75) is 261 Å². The molecule has 0 heterocycles. The fourth-order valence-electron chi connectivity index (χ4n) is 12.3. The maximum atomic E-state index is 14.2. The van der Waals surface area contributed by atoms with Crippen molar-refractivity contribution in [3.8, 4) is 23.0 Å². The summed E-state index contributed by atoms with van der Waals surface area (Å²) in [6, 6.07) is 14.0. The zero-order valence-corrected chi connectivity index (χ0v) is 56.7. The Labute approximate surface area is 511 Å². The van der Waals surface area contributed by atoms with E-state index in [2.05, 4.69) is 83.1 Å². The Kier molecular flexibility index (Phi) is 22.3. The predicted octanol–water partition coefficient (Wildman–Crippen LogP) is 15.9. The summed E-state index contributed by atoms with van der Waals surface area (Å²) >= 11 is 0. The first-order chi connectivity index (χ1) is 38.5. The van der Waals surface area contributed by atoms with E-state index >= 15 is 0 Å². The lowest BCUT2D eigenvalue weighted by Gasteiger charge is -2.34. The van der Waals surface area contributed by atoms with Gasteiger partial charge in [0.05, 0.1) is 0 Å². The molecule has 0 unspecified atom stereocenters. The first-order valence-electron chi connectivity index (χ1n) is 30.6. The van der Waals surface area contributed by atoms with Crippen LogP contribution in [-0.4, -0.2) is 70.7 Å². The van der Waals surface area contributed by atoms with Gasteiger partial charge in [0.2, 0.25) is 0 Å². The highest BCUT2D eigenvalue weighted by Crippen LogP contribution is 2.46. The third kappa shape index (κ3) is 19.0. The van der Waals surface area contributed by atoms with Crippen LogP contribution in [0.4, 0.5) is 0 Å². The lowest BCUT2D eigenvalue weighted by molar-refractivity contribution is -0.170. The van der Waals surface area contributed by atoms with Crippen LogP contribution in [-0.2, 0) is 107 Å². The Morgan fingerprint density at radius 3 is 0.565 bits per heavy atom. The van der Waals surface area contributed by atoms with Gasteiger partial charge in [0.15, 0.2) is 0 Å². The molecule has 12 nitrogen and oxygen atoms in total. The maximum absolute atomic E-state index is 14.2. The first kappa shape index (κ1) is 71.4. The minimum atomic E-state index is -1.59. The topological polar surface area (TPSA) is 186 Å². The lowest BCUT2D eigenvalue weighted by atomic mass is 9.72. The second-order valence-corrected chi connectivity index (χ2v) is 32.1. The van der Waals surface area contributed by atoms with E-state index in [1.54, 1.807) is 24.3 Å². The molecule has 0 fully saturated rings. The van der Waals surface area contributed by atoms with Gasteiger partial charge >= 0.3 is 23.9 Å². The number of rotatable bonds is 20. The molecule has 0 aromatic heterocycles. The van der Waals surface area contributed by atoms with Gasteiger partial charge in [0.1, 0.15) is 54.8 Å². The molecule has 0 bridgehead atoms. The van der Waals surface area contributed by atoms with Crippen LogP contribution >= 0.6 is 0 Å². The zero-order valence-electron chi connectivity index (χ0n) is 56.7. The summed E-state index contributed by atoms with van der Waals surface area (Å²) in [5, 5.41) is 44.7. The van der Waals surface area contributed by atoms with Gasteiger partial charge in [0, 0.05) is 47.9 Å². The smallest absolute Gasteiger partial charge is 0.306 e. The van der Waals surface area contributed by atoms with Crippen molar-refractivity contribution in [1.29, 1.82) is 0 Å². The molecular formula is C73H108O12. The summed E-state index contributed by atoms with van der Waals surface area (Å²) in [5.74, 6) is -1.66. The van der Waals surface area contributed by atoms with Crippen molar-refractivity contribution < 1.29 is 58.6 Å². The third-order valence-corrected chi connectivity index (χ3v) is 15.6. The Hall–Kier alpha value is -6.04. The van der Waals surface area contributed by atoms with Crippen LogP contribution in [0, 0.1) is 5.41 Å². The van der Waals surface area contributed by atoms with Gasteiger partial charge in [-0.3, -0.25) is 19.2 Å². The van der Waals surface area contributed by atoms with E-state index in [4.69, 9.17) is 18.9 Å². The molecule has 0 saturated carbocycles. The molecule has 12 heteroatoms. The molecular weight excluding hydrogens is 1070 g/mol. The number of ether oxygens (including phenoxy) is 4. The molecule has 0 saturated heterocycles. The molecule has 4 aromatic rings. The molecule has 0 atom stereocenters. The summed E-state index contributed by atoms with van der Waals surface area (Å²) in [6.45, 7) is 47.5. The Morgan fingerprint density at radius 2 is 0.424 bits per heavy atom. The van der Waals surface area contributed by atoms with Gasteiger partial charge in [-0.25, -0.2) is 0 Å². The monoisotopic (exact) mass is 1180 g/mol. The molecule has 0 aliphatic heterocycles. The molecule has 0 aliphatic carbocycles. The highest BCUT2D eigenvalue weighted by Gasteiger charge is 2.40. The van der Waals surface area contributed by atoms with Crippen LogP contribution in [0.3, 0.4) is 0 Å². The zero-order chi connectivity index (χ0) is 65.0. The van der Waals surface area contributed by atoms with E-state index in [1.807, 2.05) is 107 Å². The average molecular weight is 1180 g/mol. The number of carbonyl (C=O) groups excluding carboxylic acids is 4. The fourth-order valence-corrected chi connectivity index (χ4v) is 12.3. The molecule has 0 amide bonds. The van der Waals surface area contributed by atoms with E-state index in [0.717, 1.165) is 66.8 Å². The van der Waals surface area contributed by atoms with Gasteiger partial charge in [0.25, 0.3) is 0 Å². The Morgan fingerprint density at radius 1 is 0.271 bits per heavy atom. The van der Waals surface area contributed by atoms with Crippen molar-refractivity contribution >= 4 is 23.9 Å². The van der Waals surface area contributed by atoms with Crippen molar-refractivity contribution in [3.05, 3.63) is 115 Å². The number of aryl methyl sites for hydroxylation is 4. The van der Waals surface area contributed by atoms with E-state index in [0.29, 0.717) is 0 Å². The highest BCUT2D eigenvalue weighted by molar-refractivity contribution is 5.72. The number of hydrogen-bond acceptors (Lipinski definition) is 12. The van der Waals surface area contributed by atoms with Crippen molar-refractivity contribution in [3.63, 3.8) is 0 Å². The van der Waals surface area contributed by atoms with Crippen molar-refractivity contribution in [2.24, 2.45) is 5.41 Å². The number of hydrogen-bond donors (Lipinski definition) is 4. The van der Waals surface area contributed by atoms with Gasteiger partial charge in [-0.15, -0.1) is 0 Å². The number of carbonyl (C=O) groups is 4. The lowest BCUT2D eigenvalue weighted by Crippen LogP contribution is -2.44. The van der Waals surface area contributed by atoms with E-state index in [9.17, 15) is 39.6 Å². The fraction of sp³-hybridized carbons (Fsp3) is 0.616. The van der Waals surface area contributed by atoms with Crippen LogP contribution in [0.2, 0.25) is 0 Å². The number of benzene rings is 4. The van der Waals surface area contributed by atoms with Gasteiger partial charge in [-0.1, -0.05) is 190 Å². The minimum Gasteiger partial charge on any atom is -0.508 e. The summed E-state index contributed by atoms with van der Waals surface area (Å²) in [7, 11) is 0. The second-order valence-electron chi connectivity index (χ2n) is 32.1. The van der Waals surface area contributed by atoms with Crippen LogP contribution in [0.25, 0.3) is 0 Å². The standard InChI is InChI=1S/C73H108O12/c1-65(2,3)57-45(25-33-49(74)61(57)69(13,14)15)29-37-53(78)82-41-73(42-83-54(79)38-30-46-26-34-50(75)62(70(16,17)18)58(46)66(4,5)6,43-84-55(80)39-31-47-27-35-51(76)63(71(19,20)21)59(47)67(7,8)9)44-85-56(81)40-32-48-28-36-52(77)64(72(22,23)24)60(48)68(10,11)12/h25-28,33-36,74-77H,29-32,37-44H2,1-24H3. The molecule has 0 aliphatic rings. The molecule has 85 heavy (non-hydrogen) atoms. The Balaban J connectivity index is 1.80. The minimum absolute atomic E-state index is 0.0647. The maximum Gasteiger partial charge on any atom is 0.306 e. The van der Waals surface area contributed by atoms with Crippen molar-refractivity contribution in [2.75, 3.05) is 26.4 Å². The SMILES string of the molecule is CC(C)(C)c1c(O)ccc(CCC(=O)OCC(COC(=O)CCc2ccc(O)c(C(C)(C)C)c2C(C)(C)C)(COC(=O)CCc2ccc(O)c(C(C)(C)C)c2C(C)(C)C)COC(=O)CCc2ccc(O)c(C(C)(C)C)c2C(C)(C)C)c1C(C)(C)C. The van der Waals surface area contributed by atoms with Gasteiger partial charge < -0.3 is 39.4 Å². The van der Waals surface area contributed by atoms with Crippen LogP contribution in [0.5, 0.6) is 23.0 Å². The summed E-state index contributed by atoms with van der Waals surface area (Å²) < 4.78 is 24.6. The van der Waals surface area contributed by atoms with E-state index < -0.39 is 99.0 Å². The van der Waals surface area contributed by atoms with Gasteiger partial charge in [-0.2, -0.15) is 0 Å². The number of esters is 4. The number of phenols is 4. The molecule has 4 rings (SSSR count). The first-order valence-corrected chi connectivity index (χ1v) is 30.6. The van der Waals surface area contributed by atoms with Crippen LogP contribution in [0.15, 0.2) is 48.5 Å². The molecule has 472 valence electrons. The van der Waals surface area contributed by atoms with Gasteiger partial charge in [-0.05, 0) is 138 Å². The highest BCUT2D eigenvalue weighted by atomic mass is 16.6. The molecule has 0 radical (unpaired) electrons. The second kappa shape index (κ2) is 26.5. The molecule has 4 aromatic carbocycles. The van der Waals surface area contributed by atoms with Crippen LogP contribution in [0.1, 0.15) is 259 Å². The van der Waals surface area contributed by atoms with Crippen LogP contribution < -0.4 is 0 Å². The summed E-state index contributed by atoms with van der Waals surface area (Å²) in [6.07, 6.45) is 0.856. The van der Waals surface area contributed by atoms with E-state index in [-0.39, 0.29) is 74.4 Å². The third-order valence-electron chi connectivity index (χ3n) is 15.6. The van der Waals surface area contributed by atoms with Crippen molar-refractivity contribution in [1.82, 2.24) is 0 Å². The normalized spacial score (nSPS) is 13.2. The average Bonchev–Trinajstić information content (AvgIpc) is 1.07. The largest absolute Gasteiger partial charge is 0.508 e. The van der Waals surface area contributed by atoms with E-state index in [1.165, 1.54) is 0 Å². The quantitative estimate of drug-likeness (QED) is 0.0485. The number of phenolic OH excluding ortho intramolecular Hbond substituents is 4.